The maximum Gasteiger partial charge on any atom is 0.295 e. The molecule has 0 radical (unpaired) electrons. The molecular weight excluding hydrogens is 423 g/mol. The zero-order valence-corrected chi connectivity index (χ0v) is 18.3. The lowest BCUT2D eigenvalue weighted by atomic mass is 9.95. The van der Waals surface area contributed by atoms with Gasteiger partial charge in [0.15, 0.2) is 0 Å². The molecular formula is C23H24ClFN2O4. The SMILES string of the molecule is COc1cc(/C(O)=C2\C(=O)C(=O)N(CCCN(C)C)C2c2ccccc2F)ccc1Cl. The molecule has 1 heterocycles. The summed E-state index contributed by atoms with van der Waals surface area (Å²) in [5, 5.41) is 11.4. The molecule has 0 saturated carbocycles. The third-order valence-electron chi connectivity index (χ3n) is 5.17. The van der Waals surface area contributed by atoms with E-state index in [1.807, 2.05) is 19.0 Å². The number of ether oxygens (including phenoxy) is 1. The van der Waals surface area contributed by atoms with Gasteiger partial charge in [0.05, 0.1) is 23.7 Å². The predicted octanol–water partition coefficient (Wildman–Crippen LogP) is 3.86. The van der Waals surface area contributed by atoms with Crippen molar-refractivity contribution in [2.45, 2.75) is 12.5 Å². The van der Waals surface area contributed by atoms with Crippen LogP contribution in [0.5, 0.6) is 5.75 Å². The third-order valence-corrected chi connectivity index (χ3v) is 5.48. The first-order chi connectivity index (χ1) is 14.8. The van der Waals surface area contributed by atoms with Crippen LogP contribution in [0.2, 0.25) is 5.02 Å². The molecule has 2 aromatic carbocycles. The Morgan fingerprint density at radius 2 is 1.94 bits per heavy atom. The van der Waals surface area contributed by atoms with Crippen molar-refractivity contribution in [2.24, 2.45) is 0 Å². The minimum atomic E-state index is -1.04. The van der Waals surface area contributed by atoms with E-state index in [1.54, 1.807) is 6.07 Å². The summed E-state index contributed by atoms with van der Waals surface area (Å²) in [6.07, 6.45) is 0.583. The molecule has 0 bridgehead atoms. The van der Waals surface area contributed by atoms with Crippen LogP contribution in [0.4, 0.5) is 4.39 Å². The highest BCUT2D eigenvalue weighted by atomic mass is 35.5. The average molecular weight is 447 g/mol. The summed E-state index contributed by atoms with van der Waals surface area (Å²) in [5.41, 5.74) is 0.229. The number of aliphatic hydroxyl groups is 1. The van der Waals surface area contributed by atoms with Gasteiger partial charge in [-0.1, -0.05) is 29.8 Å². The fraction of sp³-hybridized carbons (Fsp3) is 0.304. The molecule has 1 fully saturated rings. The van der Waals surface area contributed by atoms with Gasteiger partial charge in [0.25, 0.3) is 11.7 Å². The Morgan fingerprint density at radius 3 is 2.58 bits per heavy atom. The molecule has 1 N–H and O–H groups in total. The van der Waals surface area contributed by atoms with Crippen molar-refractivity contribution in [1.82, 2.24) is 9.80 Å². The smallest absolute Gasteiger partial charge is 0.295 e. The minimum Gasteiger partial charge on any atom is -0.507 e. The number of ketones is 1. The maximum absolute atomic E-state index is 14.7. The topological polar surface area (TPSA) is 70.1 Å². The molecule has 1 amide bonds. The molecule has 6 nitrogen and oxygen atoms in total. The zero-order valence-electron chi connectivity index (χ0n) is 17.6. The molecule has 8 heteroatoms. The zero-order chi connectivity index (χ0) is 22.7. The molecule has 0 aliphatic carbocycles. The highest BCUT2D eigenvalue weighted by Gasteiger charge is 2.46. The van der Waals surface area contributed by atoms with Gasteiger partial charge in [0.2, 0.25) is 0 Å². The van der Waals surface area contributed by atoms with Crippen LogP contribution in [0, 0.1) is 5.82 Å². The summed E-state index contributed by atoms with van der Waals surface area (Å²) < 4.78 is 19.9. The first-order valence-electron chi connectivity index (χ1n) is 9.77. The number of carbonyl (C=O) groups is 2. The van der Waals surface area contributed by atoms with Gasteiger partial charge < -0.3 is 19.6 Å². The van der Waals surface area contributed by atoms with E-state index in [1.165, 1.54) is 48.4 Å². The predicted molar refractivity (Wildman–Crippen MR) is 117 cm³/mol. The molecule has 1 unspecified atom stereocenters. The van der Waals surface area contributed by atoms with E-state index in [9.17, 15) is 19.1 Å². The highest BCUT2D eigenvalue weighted by Crippen LogP contribution is 2.41. The van der Waals surface area contributed by atoms with Gasteiger partial charge in [-0.3, -0.25) is 9.59 Å². The number of carbonyl (C=O) groups excluding carboxylic acids is 2. The molecule has 1 saturated heterocycles. The largest absolute Gasteiger partial charge is 0.507 e. The Kier molecular flexibility index (Phi) is 6.97. The van der Waals surface area contributed by atoms with Gasteiger partial charge in [-0.25, -0.2) is 4.39 Å². The molecule has 3 rings (SSSR count). The molecule has 1 atom stereocenters. The van der Waals surface area contributed by atoms with Crippen LogP contribution in [-0.2, 0) is 9.59 Å². The summed E-state index contributed by atoms with van der Waals surface area (Å²) >= 11 is 6.06. The van der Waals surface area contributed by atoms with Crippen molar-refractivity contribution in [2.75, 3.05) is 34.3 Å². The number of rotatable bonds is 7. The second kappa shape index (κ2) is 9.49. The monoisotopic (exact) mass is 446 g/mol. The summed E-state index contributed by atoms with van der Waals surface area (Å²) in [4.78, 5) is 29.1. The van der Waals surface area contributed by atoms with Gasteiger partial charge in [0.1, 0.15) is 17.3 Å². The summed E-state index contributed by atoms with van der Waals surface area (Å²) in [6.45, 7) is 0.920. The quantitative estimate of drug-likeness (QED) is 0.397. The number of likely N-dealkylation sites (tertiary alicyclic amines) is 1. The van der Waals surface area contributed by atoms with Crippen molar-refractivity contribution >= 4 is 29.1 Å². The number of aliphatic hydroxyl groups excluding tert-OH is 1. The Hall–Kier alpha value is -2.90. The van der Waals surface area contributed by atoms with Crippen LogP contribution >= 0.6 is 11.6 Å². The molecule has 1 aliphatic rings. The van der Waals surface area contributed by atoms with Crippen molar-refractivity contribution in [3.05, 3.63) is 70.0 Å². The summed E-state index contributed by atoms with van der Waals surface area (Å²) in [7, 11) is 5.22. The fourth-order valence-electron chi connectivity index (χ4n) is 3.65. The van der Waals surface area contributed by atoms with E-state index in [0.29, 0.717) is 23.7 Å². The maximum atomic E-state index is 14.7. The van der Waals surface area contributed by atoms with Crippen LogP contribution in [0.15, 0.2) is 48.0 Å². The van der Waals surface area contributed by atoms with Gasteiger partial charge in [0, 0.05) is 17.7 Å². The van der Waals surface area contributed by atoms with E-state index in [0.717, 1.165) is 0 Å². The standard InChI is InChI=1S/C23H24ClFN2O4/c1-26(2)11-6-12-27-20(15-7-4-5-8-17(15)25)19(22(29)23(27)30)21(28)14-9-10-16(24)18(13-14)31-3/h4-5,7-10,13,20,28H,6,11-12H2,1-3H3/b21-19+. The molecule has 1 aliphatic heterocycles. The van der Waals surface area contributed by atoms with Gasteiger partial charge >= 0.3 is 0 Å². The van der Waals surface area contributed by atoms with E-state index in [4.69, 9.17) is 16.3 Å². The van der Waals surface area contributed by atoms with E-state index >= 15 is 0 Å². The lowest BCUT2D eigenvalue weighted by Crippen LogP contribution is -2.32. The number of halogens is 2. The van der Waals surface area contributed by atoms with Gasteiger partial charge in [-0.2, -0.15) is 0 Å². The second-order valence-electron chi connectivity index (χ2n) is 7.52. The van der Waals surface area contributed by atoms with Crippen molar-refractivity contribution in [1.29, 1.82) is 0 Å². The van der Waals surface area contributed by atoms with Gasteiger partial charge in [-0.05, 0) is 51.3 Å². The first-order valence-corrected chi connectivity index (χ1v) is 10.2. The van der Waals surface area contributed by atoms with Crippen molar-refractivity contribution in [3.8, 4) is 5.75 Å². The summed E-state index contributed by atoms with van der Waals surface area (Å²) in [6, 6.07) is 9.39. The number of hydrogen-bond donors (Lipinski definition) is 1. The highest BCUT2D eigenvalue weighted by molar-refractivity contribution is 6.46. The summed E-state index contributed by atoms with van der Waals surface area (Å²) in [5.74, 6) is -2.30. The lowest BCUT2D eigenvalue weighted by molar-refractivity contribution is -0.140. The Labute approximate surface area is 185 Å². The number of Topliss-reactive ketones (excluding diaryl/α,β-unsaturated/α-hetero) is 1. The molecule has 164 valence electrons. The Morgan fingerprint density at radius 1 is 1.23 bits per heavy atom. The Bertz CT molecular complexity index is 1040. The number of amides is 1. The van der Waals surface area contributed by atoms with Crippen LogP contribution in [0.1, 0.15) is 23.6 Å². The van der Waals surface area contributed by atoms with E-state index in [2.05, 4.69) is 0 Å². The minimum absolute atomic E-state index is 0.147. The van der Waals surface area contributed by atoms with Crippen molar-refractivity contribution in [3.63, 3.8) is 0 Å². The van der Waals surface area contributed by atoms with Crippen LogP contribution in [0.25, 0.3) is 5.76 Å². The van der Waals surface area contributed by atoms with E-state index in [-0.39, 0.29) is 23.2 Å². The van der Waals surface area contributed by atoms with E-state index < -0.39 is 29.3 Å². The fourth-order valence-corrected chi connectivity index (χ4v) is 3.85. The van der Waals surface area contributed by atoms with Crippen LogP contribution in [0.3, 0.4) is 0 Å². The number of benzene rings is 2. The molecule has 31 heavy (non-hydrogen) atoms. The first kappa shape index (κ1) is 22.8. The van der Waals surface area contributed by atoms with Gasteiger partial charge in [-0.15, -0.1) is 0 Å². The molecule has 2 aromatic rings. The molecule has 0 spiro atoms. The lowest BCUT2D eigenvalue weighted by Gasteiger charge is -2.26. The number of methoxy groups -OCH3 is 1. The Balaban J connectivity index is 2.14. The third kappa shape index (κ3) is 4.57. The van der Waals surface area contributed by atoms with Crippen molar-refractivity contribution < 1.29 is 23.8 Å². The second-order valence-corrected chi connectivity index (χ2v) is 7.93. The molecule has 0 aromatic heterocycles. The number of nitrogens with zero attached hydrogens (tertiary/aromatic N) is 2. The van der Waals surface area contributed by atoms with Crippen LogP contribution < -0.4 is 4.74 Å². The normalized spacial score (nSPS) is 18.1. The number of hydrogen-bond acceptors (Lipinski definition) is 5. The average Bonchev–Trinajstić information content (AvgIpc) is 2.98. The van der Waals surface area contributed by atoms with Crippen LogP contribution in [-0.4, -0.2) is 60.9 Å².